The second-order valence-corrected chi connectivity index (χ2v) is 4.96. The van der Waals surface area contributed by atoms with Gasteiger partial charge in [-0.05, 0) is 48.0 Å². The molecular formula is C21H17NO. The molecule has 0 aliphatic heterocycles. The zero-order chi connectivity index (χ0) is 15.7. The van der Waals surface area contributed by atoms with Crippen molar-refractivity contribution in [2.24, 2.45) is 4.99 Å². The normalized spacial score (nSPS) is 11.1. The Bertz CT molecular complexity index is 775. The van der Waals surface area contributed by atoms with Gasteiger partial charge < -0.3 is 4.74 Å². The smallest absolute Gasteiger partial charge is 0.127 e. The van der Waals surface area contributed by atoms with Crippen LogP contribution < -0.4 is 4.74 Å². The number of aliphatic imine (C=N–C) groups is 1. The molecule has 0 unspecified atom stereocenters. The van der Waals surface area contributed by atoms with Crippen LogP contribution in [0.25, 0.3) is 6.08 Å². The van der Waals surface area contributed by atoms with Gasteiger partial charge in [0.25, 0.3) is 0 Å². The maximum atomic E-state index is 5.75. The molecule has 0 atom stereocenters. The van der Waals surface area contributed by atoms with Crippen LogP contribution in [0.3, 0.4) is 0 Å². The second kappa shape index (κ2) is 7.76. The minimum Gasteiger partial charge on any atom is -0.457 e. The fraction of sp³-hybridized carbons (Fsp3) is 0. The van der Waals surface area contributed by atoms with E-state index in [2.05, 4.69) is 17.1 Å². The Kier molecular flexibility index (Phi) is 4.99. The summed E-state index contributed by atoms with van der Waals surface area (Å²) in [6, 6.07) is 27.6. The third-order valence-electron chi connectivity index (χ3n) is 3.21. The van der Waals surface area contributed by atoms with Crippen molar-refractivity contribution in [2.45, 2.75) is 0 Å². The van der Waals surface area contributed by atoms with Gasteiger partial charge in [0.05, 0.1) is 5.69 Å². The molecule has 0 N–H and O–H groups in total. The first-order chi connectivity index (χ1) is 11.4. The summed E-state index contributed by atoms with van der Waals surface area (Å²) >= 11 is 0. The van der Waals surface area contributed by atoms with Gasteiger partial charge in [0, 0.05) is 6.21 Å². The standard InChI is InChI=1S/C21H17NO/c1-3-8-18(9-4-1)10-7-17-22-19-13-15-21(16-14-19)23-20-11-5-2-6-12-20/h1-17H. The van der Waals surface area contributed by atoms with Crippen LogP contribution in [0.4, 0.5) is 5.69 Å². The average molecular weight is 299 g/mol. The largest absolute Gasteiger partial charge is 0.457 e. The van der Waals surface area contributed by atoms with Crippen molar-refractivity contribution in [1.82, 2.24) is 0 Å². The highest BCUT2D eigenvalue weighted by molar-refractivity contribution is 5.80. The lowest BCUT2D eigenvalue weighted by Crippen LogP contribution is -1.82. The molecule has 0 aliphatic rings. The van der Waals surface area contributed by atoms with Crippen molar-refractivity contribution in [3.63, 3.8) is 0 Å². The Morgan fingerprint density at radius 2 is 1.26 bits per heavy atom. The van der Waals surface area contributed by atoms with Gasteiger partial charge in [-0.1, -0.05) is 54.6 Å². The fourth-order valence-corrected chi connectivity index (χ4v) is 2.07. The van der Waals surface area contributed by atoms with E-state index in [-0.39, 0.29) is 0 Å². The van der Waals surface area contributed by atoms with E-state index >= 15 is 0 Å². The van der Waals surface area contributed by atoms with Crippen LogP contribution >= 0.6 is 0 Å². The van der Waals surface area contributed by atoms with E-state index in [4.69, 9.17) is 4.74 Å². The Morgan fingerprint density at radius 3 is 1.96 bits per heavy atom. The number of benzene rings is 3. The van der Waals surface area contributed by atoms with Crippen LogP contribution in [0.1, 0.15) is 5.56 Å². The van der Waals surface area contributed by atoms with Gasteiger partial charge in [0.15, 0.2) is 0 Å². The lowest BCUT2D eigenvalue weighted by atomic mass is 10.2. The predicted molar refractivity (Wildman–Crippen MR) is 96.6 cm³/mol. The number of rotatable bonds is 5. The molecule has 0 saturated carbocycles. The Balaban J connectivity index is 1.59. The zero-order valence-electron chi connectivity index (χ0n) is 12.7. The molecule has 112 valence electrons. The van der Waals surface area contributed by atoms with Crippen molar-refractivity contribution < 1.29 is 4.74 Å². The molecule has 0 heterocycles. The van der Waals surface area contributed by atoms with Crippen molar-refractivity contribution in [1.29, 1.82) is 0 Å². The lowest BCUT2D eigenvalue weighted by molar-refractivity contribution is 0.483. The molecule has 0 aliphatic carbocycles. The lowest BCUT2D eigenvalue weighted by Gasteiger charge is -2.04. The third kappa shape index (κ3) is 4.68. The Morgan fingerprint density at radius 1 is 0.652 bits per heavy atom. The predicted octanol–water partition coefficient (Wildman–Crippen LogP) is 5.89. The molecular weight excluding hydrogens is 282 g/mol. The highest BCUT2D eigenvalue weighted by Crippen LogP contribution is 2.23. The third-order valence-corrected chi connectivity index (χ3v) is 3.21. The van der Waals surface area contributed by atoms with Crippen molar-refractivity contribution in [3.05, 3.63) is 96.6 Å². The molecule has 3 aromatic rings. The molecule has 0 aromatic heterocycles. The summed E-state index contributed by atoms with van der Waals surface area (Å²) in [6.45, 7) is 0. The monoisotopic (exact) mass is 299 g/mol. The van der Waals surface area contributed by atoms with E-state index in [1.54, 1.807) is 6.21 Å². The summed E-state index contributed by atoms with van der Waals surface area (Å²) < 4.78 is 5.75. The number of para-hydroxylation sites is 1. The van der Waals surface area contributed by atoms with Crippen molar-refractivity contribution in [3.8, 4) is 11.5 Å². The van der Waals surface area contributed by atoms with Crippen LogP contribution in [0.5, 0.6) is 11.5 Å². The maximum Gasteiger partial charge on any atom is 0.127 e. The summed E-state index contributed by atoms with van der Waals surface area (Å²) in [4.78, 5) is 4.40. The molecule has 0 spiro atoms. The van der Waals surface area contributed by atoms with E-state index in [0.29, 0.717) is 0 Å². The van der Waals surface area contributed by atoms with Crippen LogP contribution in [0.2, 0.25) is 0 Å². The molecule has 0 radical (unpaired) electrons. The van der Waals surface area contributed by atoms with Gasteiger partial charge in [0.2, 0.25) is 0 Å². The molecule has 23 heavy (non-hydrogen) atoms. The Labute approximate surface area is 136 Å². The van der Waals surface area contributed by atoms with Crippen molar-refractivity contribution in [2.75, 3.05) is 0 Å². The van der Waals surface area contributed by atoms with E-state index in [1.165, 1.54) is 0 Å². The molecule has 0 fully saturated rings. The first-order valence-corrected chi connectivity index (χ1v) is 7.49. The van der Waals surface area contributed by atoms with Gasteiger partial charge in [0.1, 0.15) is 11.5 Å². The van der Waals surface area contributed by atoms with E-state index in [0.717, 1.165) is 22.7 Å². The number of hydrogen-bond acceptors (Lipinski definition) is 2. The second-order valence-electron chi connectivity index (χ2n) is 4.96. The molecule has 0 amide bonds. The quantitative estimate of drug-likeness (QED) is 0.538. The Hall–Kier alpha value is -3.13. The molecule has 0 saturated heterocycles. The van der Waals surface area contributed by atoms with Crippen LogP contribution in [0.15, 0.2) is 96.0 Å². The SMILES string of the molecule is C(=Cc1ccccc1)C=Nc1ccc(Oc2ccccc2)cc1. The van der Waals surface area contributed by atoms with Gasteiger partial charge in [-0.15, -0.1) is 0 Å². The van der Waals surface area contributed by atoms with Gasteiger partial charge in [-0.2, -0.15) is 0 Å². The van der Waals surface area contributed by atoms with Crippen molar-refractivity contribution >= 4 is 18.0 Å². The first-order valence-electron chi connectivity index (χ1n) is 7.49. The summed E-state index contributed by atoms with van der Waals surface area (Å²) in [6.07, 6.45) is 5.75. The van der Waals surface area contributed by atoms with E-state index in [1.807, 2.05) is 84.9 Å². The molecule has 2 heteroatoms. The summed E-state index contributed by atoms with van der Waals surface area (Å²) in [5.74, 6) is 1.63. The highest BCUT2D eigenvalue weighted by atomic mass is 16.5. The van der Waals surface area contributed by atoms with Gasteiger partial charge in [-0.3, -0.25) is 4.99 Å². The first kappa shape index (κ1) is 14.8. The van der Waals surface area contributed by atoms with Gasteiger partial charge >= 0.3 is 0 Å². The van der Waals surface area contributed by atoms with E-state index < -0.39 is 0 Å². The average Bonchev–Trinajstić information content (AvgIpc) is 2.62. The number of hydrogen-bond donors (Lipinski definition) is 0. The molecule has 2 nitrogen and oxygen atoms in total. The fourth-order valence-electron chi connectivity index (χ4n) is 2.07. The van der Waals surface area contributed by atoms with Crippen LogP contribution in [-0.4, -0.2) is 6.21 Å². The zero-order valence-corrected chi connectivity index (χ0v) is 12.7. The topological polar surface area (TPSA) is 21.6 Å². The highest BCUT2D eigenvalue weighted by Gasteiger charge is 1.96. The minimum absolute atomic E-state index is 0.801. The number of allylic oxidation sites excluding steroid dienone is 1. The summed E-state index contributed by atoms with van der Waals surface area (Å²) in [5.41, 5.74) is 2.05. The van der Waals surface area contributed by atoms with Gasteiger partial charge in [-0.25, -0.2) is 0 Å². The number of nitrogens with zero attached hydrogens (tertiary/aromatic N) is 1. The molecule has 3 aromatic carbocycles. The molecule has 3 rings (SSSR count). The minimum atomic E-state index is 0.801. The van der Waals surface area contributed by atoms with Crippen LogP contribution in [-0.2, 0) is 0 Å². The summed E-state index contributed by atoms with van der Waals surface area (Å²) in [7, 11) is 0. The maximum absolute atomic E-state index is 5.75. The number of ether oxygens (including phenoxy) is 1. The summed E-state index contributed by atoms with van der Waals surface area (Å²) in [5, 5.41) is 0. The van der Waals surface area contributed by atoms with Crippen LogP contribution in [0, 0.1) is 0 Å². The molecule has 0 bridgehead atoms. The van der Waals surface area contributed by atoms with E-state index in [9.17, 15) is 0 Å².